The highest BCUT2D eigenvalue weighted by Gasteiger charge is 2.21. The Balaban J connectivity index is 2.83. The number of hydrogen-bond donors (Lipinski definition) is 1. The van der Waals surface area contributed by atoms with Gasteiger partial charge in [-0.2, -0.15) is 0 Å². The maximum absolute atomic E-state index is 11.7. The summed E-state index contributed by atoms with van der Waals surface area (Å²) in [4.78, 5) is 24.3. The Morgan fingerprint density at radius 3 is 2.53 bits per heavy atom. The summed E-state index contributed by atoms with van der Waals surface area (Å²) >= 11 is 1.31. The monoisotopic (exact) mass is 285 g/mol. The van der Waals surface area contributed by atoms with Crippen molar-refractivity contribution in [2.24, 2.45) is 0 Å². The molecule has 0 radical (unpaired) electrons. The predicted molar refractivity (Wildman–Crippen MR) is 74.9 cm³/mol. The standard InChI is InChI=1S/C13H19NO4S/c1-6-17-11(15)9-7-8(2)19-10(9)14-12(16)18-13(3,4)5/h7H,6H2,1-5H3,(H,14,16). The molecular weight excluding hydrogens is 266 g/mol. The molecule has 0 atom stereocenters. The number of anilines is 1. The van der Waals surface area contributed by atoms with E-state index in [2.05, 4.69) is 5.32 Å². The number of esters is 1. The fraction of sp³-hybridized carbons (Fsp3) is 0.538. The zero-order chi connectivity index (χ0) is 14.6. The van der Waals surface area contributed by atoms with E-state index in [1.54, 1.807) is 33.8 Å². The van der Waals surface area contributed by atoms with Crippen molar-refractivity contribution in [1.29, 1.82) is 0 Å². The van der Waals surface area contributed by atoms with Crippen LogP contribution in [0.3, 0.4) is 0 Å². The van der Waals surface area contributed by atoms with Crippen LogP contribution in [0.1, 0.15) is 42.9 Å². The van der Waals surface area contributed by atoms with Crippen molar-refractivity contribution in [2.45, 2.75) is 40.2 Å². The number of ether oxygens (including phenoxy) is 2. The van der Waals surface area contributed by atoms with E-state index in [-0.39, 0.29) is 0 Å². The van der Waals surface area contributed by atoms with Crippen LogP contribution in [0.25, 0.3) is 0 Å². The highest BCUT2D eigenvalue weighted by Crippen LogP contribution is 2.28. The fourth-order valence-corrected chi connectivity index (χ4v) is 2.25. The van der Waals surface area contributed by atoms with Gasteiger partial charge in [0, 0.05) is 4.88 Å². The second-order valence-corrected chi connectivity index (χ2v) is 6.20. The molecule has 0 spiro atoms. The molecule has 19 heavy (non-hydrogen) atoms. The van der Waals surface area contributed by atoms with Gasteiger partial charge in [0.05, 0.1) is 12.2 Å². The largest absolute Gasteiger partial charge is 0.462 e. The minimum Gasteiger partial charge on any atom is -0.462 e. The lowest BCUT2D eigenvalue weighted by Crippen LogP contribution is -2.27. The first-order valence-electron chi connectivity index (χ1n) is 6.00. The van der Waals surface area contributed by atoms with Gasteiger partial charge in [0.2, 0.25) is 0 Å². The van der Waals surface area contributed by atoms with Crippen molar-refractivity contribution in [3.05, 3.63) is 16.5 Å². The quantitative estimate of drug-likeness (QED) is 0.862. The van der Waals surface area contributed by atoms with Gasteiger partial charge in [-0.15, -0.1) is 11.3 Å². The highest BCUT2D eigenvalue weighted by atomic mass is 32.1. The van der Waals surface area contributed by atoms with E-state index >= 15 is 0 Å². The molecule has 1 heterocycles. The lowest BCUT2D eigenvalue weighted by Gasteiger charge is -2.19. The summed E-state index contributed by atoms with van der Waals surface area (Å²) in [7, 11) is 0. The summed E-state index contributed by atoms with van der Waals surface area (Å²) in [6.07, 6.45) is -0.583. The Morgan fingerprint density at radius 1 is 1.37 bits per heavy atom. The summed E-state index contributed by atoms with van der Waals surface area (Å²) < 4.78 is 10.1. The van der Waals surface area contributed by atoms with Crippen LogP contribution in [0.4, 0.5) is 9.80 Å². The van der Waals surface area contributed by atoms with Gasteiger partial charge < -0.3 is 9.47 Å². The van der Waals surface area contributed by atoms with Crippen molar-refractivity contribution >= 4 is 28.4 Å². The molecule has 0 bridgehead atoms. The topological polar surface area (TPSA) is 64.6 Å². The molecule has 1 amide bonds. The number of nitrogens with one attached hydrogen (secondary N) is 1. The van der Waals surface area contributed by atoms with Gasteiger partial charge in [-0.3, -0.25) is 5.32 Å². The molecule has 6 heteroatoms. The number of hydrogen-bond acceptors (Lipinski definition) is 5. The summed E-state index contributed by atoms with van der Waals surface area (Å²) in [6, 6.07) is 1.69. The smallest absolute Gasteiger partial charge is 0.412 e. The Labute approximate surface area is 116 Å². The zero-order valence-corrected chi connectivity index (χ0v) is 12.6. The molecule has 0 aliphatic carbocycles. The maximum Gasteiger partial charge on any atom is 0.412 e. The molecule has 1 aromatic rings. The molecule has 0 unspecified atom stereocenters. The number of aryl methyl sites for hydroxylation is 1. The van der Waals surface area contributed by atoms with Gasteiger partial charge in [0.1, 0.15) is 10.6 Å². The molecule has 0 saturated heterocycles. The summed E-state index contributed by atoms with van der Waals surface area (Å²) in [5, 5.41) is 3.03. The van der Waals surface area contributed by atoms with Crippen molar-refractivity contribution in [2.75, 3.05) is 11.9 Å². The van der Waals surface area contributed by atoms with Gasteiger partial charge in [-0.05, 0) is 40.7 Å². The minimum atomic E-state index is -0.583. The summed E-state index contributed by atoms with van der Waals surface area (Å²) in [5.41, 5.74) is -0.226. The van der Waals surface area contributed by atoms with E-state index in [1.165, 1.54) is 11.3 Å². The van der Waals surface area contributed by atoms with Crippen molar-refractivity contribution in [1.82, 2.24) is 0 Å². The number of thiophene rings is 1. The summed E-state index contributed by atoms with van der Waals surface area (Å²) in [6.45, 7) is 9.21. The van der Waals surface area contributed by atoms with Crippen LogP contribution in [-0.4, -0.2) is 24.3 Å². The van der Waals surface area contributed by atoms with E-state index < -0.39 is 17.7 Å². The van der Waals surface area contributed by atoms with Crippen LogP contribution >= 0.6 is 11.3 Å². The van der Waals surface area contributed by atoms with E-state index in [4.69, 9.17) is 9.47 Å². The predicted octanol–water partition coefficient (Wildman–Crippen LogP) is 3.58. The number of carbonyl (C=O) groups is 2. The molecule has 1 aromatic heterocycles. The van der Waals surface area contributed by atoms with Crippen molar-refractivity contribution < 1.29 is 19.1 Å². The molecule has 106 valence electrons. The molecule has 0 aliphatic heterocycles. The SMILES string of the molecule is CCOC(=O)c1cc(C)sc1NC(=O)OC(C)(C)C. The van der Waals surface area contributed by atoms with E-state index in [1.807, 2.05) is 6.92 Å². The third-order valence-electron chi connectivity index (χ3n) is 1.97. The van der Waals surface area contributed by atoms with Crippen LogP contribution in [-0.2, 0) is 9.47 Å². The van der Waals surface area contributed by atoms with E-state index in [9.17, 15) is 9.59 Å². The third-order valence-corrected chi connectivity index (χ3v) is 2.93. The highest BCUT2D eigenvalue weighted by molar-refractivity contribution is 7.16. The van der Waals surface area contributed by atoms with Gasteiger partial charge in [-0.25, -0.2) is 9.59 Å². The average Bonchev–Trinajstić information content (AvgIpc) is 2.56. The van der Waals surface area contributed by atoms with Crippen LogP contribution in [0, 0.1) is 6.92 Å². The molecule has 1 rings (SSSR count). The van der Waals surface area contributed by atoms with E-state index in [0.29, 0.717) is 17.2 Å². The van der Waals surface area contributed by atoms with Gasteiger partial charge in [0.25, 0.3) is 0 Å². The lowest BCUT2D eigenvalue weighted by atomic mass is 10.2. The summed E-state index contributed by atoms with van der Waals surface area (Å²) in [5.74, 6) is -0.446. The Hall–Kier alpha value is -1.56. The second-order valence-electron chi connectivity index (χ2n) is 4.95. The molecule has 0 aliphatic rings. The van der Waals surface area contributed by atoms with E-state index in [0.717, 1.165) is 4.88 Å². The van der Waals surface area contributed by atoms with Gasteiger partial charge in [-0.1, -0.05) is 0 Å². The number of carbonyl (C=O) groups excluding carboxylic acids is 2. The molecule has 5 nitrogen and oxygen atoms in total. The minimum absolute atomic E-state index is 0.291. The molecular formula is C13H19NO4S. The fourth-order valence-electron chi connectivity index (χ4n) is 1.36. The molecule has 0 aromatic carbocycles. The van der Waals surface area contributed by atoms with Gasteiger partial charge in [0.15, 0.2) is 0 Å². The molecule has 0 fully saturated rings. The normalized spacial score (nSPS) is 11.0. The van der Waals surface area contributed by atoms with Crippen LogP contribution in [0.15, 0.2) is 6.07 Å². The first kappa shape index (κ1) is 15.5. The van der Waals surface area contributed by atoms with Crippen LogP contribution in [0.2, 0.25) is 0 Å². The molecule has 0 saturated carbocycles. The first-order valence-corrected chi connectivity index (χ1v) is 6.82. The van der Waals surface area contributed by atoms with Gasteiger partial charge >= 0.3 is 12.1 Å². The zero-order valence-electron chi connectivity index (χ0n) is 11.8. The maximum atomic E-state index is 11.7. The van der Waals surface area contributed by atoms with Crippen molar-refractivity contribution in [3.63, 3.8) is 0 Å². The lowest BCUT2D eigenvalue weighted by molar-refractivity contribution is 0.0528. The average molecular weight is 285 g/mol. The molecule has 1 N–H and O–H groups in total. The Bertz CT molecular complexity index is 473. The number of amides is 1. The first-order chi connectivity index (χ1) is 8.73. The number of rotatable bonds is 3. The van der Waals surface area contributed by atoms with Crippen molar-refractivity contribution in [3.8, 4) is 0 Å². The third kappa shape index (κ3) is 4.90. The van der Waals surface area contributed by atoms with Crippen LogP contribution in [0.5, 0.6) is 0 Å². The van der Waals surface area contributed by atoms with Crippen LogP contribution < -0.4 is 5.32 Å². The second kappa shape index (κ2) is 6.06. The Morgan fingerprint density at radius 2 is 2.00 bits per heavy atom. The Kier molecular flexibility index (Phi) is 4.94.